The molecule has 4 rings (SSSR count). The quantitative estimate of drug-likeness (QED) is 0.728. The molecule has 4 N–H and O–H groups in total. The molecule has 3 nitrogen and oxygen atoms in total. The van der Waals surface area contributed by atoms with Gasteiger partial charge in [0.25, 0.3) is 0 Å². The van der Waals surface area contributed by atoms with E-state index in [0.717, 1.165) is 5.69 Å². The third kappa shape index (κ3) is 2.44. The van der Waals surface area contributed by atoms with Gasteiger partial charge in [0.05, 0.1) is 0 Å². The molecule has 3 heteroatoms. The van der Waals surface area contributed by atoms with Crippen molar-refractivity contribution in [3.8, 4) is 0 Å². The minimum absolute atomic E-state index is 0.505. The lowest BCUT2D eigenvalue weighted by molar-refractivity contribution is 0.318. The molecular weight excluding hydrogens is 258 g/mol. The van der Waals surface area contributed by atoms with Crippen LogP contribution >= 0.6 is 0 Å². The summed E-state index contributed by atoms with van der Waals surface area (Å²) in [5.41, 5.74) is 11.0. The number of aryl methyl sites for hydroxylation is 1. The molecule has 112 valence electrons. The normalized spacial score (nSPS) is 23.3. The van der Waals surface area contributed by atoms with Gasteiger partial charge >= 0.3 is 0 Å². The molecule has 2 aromatic rings. The Morgan fingerprint density at radius 2 is 1.90 bits per heavy atom. The number of H-pyrrole nitrogens is 1. The Morgan fingerprint density at radius 1 is 1.05 bits per heavy atom. The van der Waals surface area contributed by atoms with Crippen LogP contribution in [0.2, 0.25) is 0 Å². The lowest BCUT2D eigenvalue weighted by Gasteiger charge is -2.31. The highest BCUT2D eigenvalue weighted by atomic mass is 15.0. The van der Waals surface area contributed by atoms with Crippen LogP contribution in [-0.4, -0.2) is 11.0 Å². The number of benzene rings is 1. The van der Waals surface area contributed by atoms with E-state index < -0.39 is 0 Å². The van der Waals surface area contributed by atoms with Crippen molar-refractivity contribution in [2.24, 2.45) is 0 Å². The van der Waals surface area contributed by atoms with Gasteiger partial charge in [0, 0.05) is 34.4 Å². The molecule has 21 heavy (non-hydrogen) atoms. The summed E-state index contributed by atoms with van der Waals surface area (Å²) in [6, 6.07) is 7.47. The number of nitrogens with two attached hydrogens (primary N) is 1. The molecule has 2 aliphatic rings. The summed E-state index contributed by atoms with van der Waals surface area (Å²) in [6.45, 7) is 0. The van der Waals surface area contributed by atoms with Crippen LogP contribution in [0.15, 0.2) is 18.2 Å². The van der Waals surface area contributed by atoms with Crippen LogP contribution in [0, 0.1) is 0 Å². The molecule has 0 amide bonds. The Kier molecular flexibility index (Phi) is 3.38. The van der Waals surface area contributed by atoms with Crippen LogP contribution in [0.5, 0.6) is 0 Å². The van der Waals surface area contributed by atoms with E-state index in [9.17, 15) is 0 Å². The van der Waals surface area contributed by atoms with Crippen LogP contribution in [0.25, 0.3) is 10.9 Å². The van der Waals surface area contributed by atoms with E-state index in [2.05, 4.69) is 22.4 Å². The zero-order chi connectivity index (χ0) is 14.2. The van der Waals surface area contributed by atoms with Crippen LogP contribution in [0.3, 0.4) is 0 Å². The van der Waals surface area contributed by atoms with Gasteiger partial charge in [0.15, 0.2) is 0 Å². The second-order valence-electron chi connectivity index (χ2n) is 6.77. The highest BCUT2D eigenvalue weighted by Crippen LogP contribution is 2.36. The SMILES string of the molecule is Nc1ccc2[nH]c3c(c2c1)CCCC3NC1CCCCC1. The van der Waals surface area contributed by atoms with Crippen molar-refractivity contribution in [2.45, 2.75) is 63.5 Å². The fourth-order valence-corrected chi connectivity index (χ4v) is 4.20. The number of nitrogens with one attached hydrogen (secondary N) is 2. The van der Waals surface area contributed by atoms with Crippen LogP contribution < -0.4 is 11.1 Å². The summed E-state index contributed by atoms with van der Waals surface area (Å²) >= 11 is 0. The van der Waals surface area contributed by atoms with Gasteiger partial charge in [-0.15, -0.1) is 0 Å². The number of anilines is 1. The Morgan fingerprint density at radius 3 is 2.76 bits per heavy atom. The average Bonchev–Trinajstić information content (AvgIpc) is 2.88. The van der Waals surface area contributed by atoms with Crippen LogP contribution in [0.1, 0.15) is 62.2 Å². The maximum absolute atomic E-state index is 5.97. The van der Waals surface area contributed by atoms with Gasteiger partial charge in [0.1, 0.15) is 0 Å². The third-order valence-corrected chi connectivity index (χ3v) is 5.27. The second kappa shape index (κ2) is 5.38. The summed E-state index contributed by atoms with van der Waals surface area (Å²) in [5, 5.41) is 5.26. The molecular formula is C18H25N3. The zero-order valence-corrected chi connectivity index (χ0v) is 12.6. The van der Waals surface area contributed by atoms with Crippen molar-refractivity contribution < 1.29 is 0 Å². The van der Waals surface area contributed by atoms with Crippen molar-refractivity contribution in [3.05, 3.63) is 29.5 Å². The predicted octanol–water partition coefficient (Wildman–Crippen LogP) is 4.05. The minimum atomic E-state index is 0.505. The van der Waals surface area contributed by atoms with Crippen molar-refractivity contribution in [3.63, 3.8) is 0 Å². The first-order valence-electron chi connectivity index (χ1n) is 8.47. The standard InChI is InChI=1S/C18H25N3/c19-12-9-10-16-15(11-12)14-7-4-8-17(18(14)21-16)20-13-5-2-1-3-6-13/h9-11,13,17,20-21H,1-8,19H2. The fourth-order valence-electron chi connectivity index (χ4n) is 4.20. The number of hydrogen-bond acceptors (Lipinski definition) is 2. The van der Waals surface area contributed by atoms with Gasteiger partial charge in [-0.05, 0) is 55.9 Å². The topological polar surface area (TPSA) is 53.8 Å². The molecule has 1 saturated carbocycles. The maximum atomic E-state index is 5.97. The van der Waals surface area contributed by atoms with Crippen molar-refractivity contribution in [1.29, 1.82) is 0 Å². The summed E-state index contributed by atoms with van der Waals surface area (Å²) in [5.74, 6) is 0. The maximum Gasteiger partial charge on any atom is 0.0478 e. The minimum Gasteiger partial charge on any atom is -0.399 e. The summed E-state index contributed by atoms with van der Waals surface area (Å²) in [4.78, 5) is 3.66. The van der Waals surface area contributed by atoms with Crippen LogP contribution in [-0.2, 0) is 6.42 Å². The molecule has 1 aromatic heterocycles. The average molecular weight is 283 g/mol. The Bertz CT molecular complexity index is 637. The largest absolute Gasteiger partial charge is 0.399 e. The van der Waals surface area contributed by atoms with Crippen molar-refractivity contribution in [2.75, 3.05) is 5.73 Å². The third-order valence-electron chi connectivity index (χ3n) is 5.27. The first-order chi connectivity index (χ1) is 10.3. The second-order valence-corrected chi connectivity index (χ2v) is 6.77. The van der Waals surface area contributed by atoms with Crippen LogP contribution in [0.4, 0.5) is 5.69 Å². The zero-order valence-electron chi connectivity index (χ0n) is 12.6. The first kappa shape index (κ1) is 13.2. The van der Waals surface area contributed by atoms with E-state index in [-0.39, 0.29) is 0 Å². The Labute approximate surface area is 126 Å². The number of hydrogen-bond donors (Lipinski definition) is 3. The van der Waals surface area contributed by atoms with Gasteiger partial charge in [-0.3, -0.25) is 0 Å². The molecule has 1 fully saturated rings. The Hall–Kier alpha value is -1.48. The van der Waals surface area contributed by atoms with Gasteiger partial charge in [-0.1, -0.05) is 19.3 Å². The van der Waals surface area contributed by atoms with Gasteiger partial charge in [-0.2, -0.15) is 0 Å². The number of nitrogen functional groups attached to an aromatic ring is 1. The van der Waals surface area contributed by atoms with Crippen molar-refractivity contribution in [1.82, 2.24) is 10.3 Å². The van der Waals surface area contributed by atoms with E-state index in [1.54, 1.807) is 0 Å². The number of aromatic amines is 1. The Balaban J connectivity index is 1.65. The molecule has 0 saturated heterocycles. The van der Waals surface area contributed by atoms with Gasteiger partial charge < -0.3 is 16.0 Å². The molecule has 1 heterocycles. The molecule has 2 aliphatic carbocycles. The monoisotopic (exact) mass is 283 g/mol. The highest BCUT2D eigenvalue weighted by molar-refractivity contribution is 5.87. The van der Waals surface area contributed by atoms with Gasteiger partial charge in [0.2, 0.25) is 0 Å². The summed E-state index contributed by atoms with van der Waals surface area (Å²) in [6.07, 6.45) is 10.6. The summed E-state index contributed by atoms with van der Waals surface area (Å²) in [7, 11) is 0. The number of aromatic nitrogens is 1. The summed E-state index contributed by atoms with van der Waals surface area (Å²) < 4.78 is 0. The molecule has 1 atom stereocenters. The molecule has 0 radical (unpaired) electrons. The molecule has 1 aromatic carbocycles. The smallest absolute Gasteiger partial charge is 0.0478 e. The first-order valence-corrected chi connectivity index (χ1v) is 8.47. The van der Waals surface area contributed by atoms with E-state index in [4.69, 9.17) is 5.73 Å². The molecule has 1 unspecified atom stereocenters. The van der Waals surface area contributed by atoms with E-state index in [0.29, 0.717) is 12.1 Å². The van der Waals surface area contributed by atoms with Crippen molar-refractivity contribution >= 4 is 16.6 Å². The molecule has 0 bridgehead atoms. The van der Waals surface area contributed by atoms with Gasteiger partial charge in [-0.25, -0.2) is 0 Å². The lowest BCUT2D eigenvalue weighted by Crippen LogP contribution is -2.36. The molecule has 0 spiro atoms. The van der Waals surface area contributed by atoms with E-state index in [1.165, 1.54) is 73.5 Å². The number of rotatable bonds is 2. The van der Waals surface area contributed by atoms with E-state index in [1.807, 2.05) is 6.07 Å². The number of fused-ring (bicyclic) bond motifs is 3. The fraction of sp³-hybridized carbons (Fsp3) is 0.556. The molecule has 0 aliphatic heterocycles. The van der Waals surface area contributed by atoms with E-state index >= 15 is 0 Å². The predicted molar refractivity (Wildman–Crippen MR) is 88.4 cm³/mol. The highest BCUT2D eigenvalue weighted by Gasteiger charge is 2.26. The lowest BCUT2D eigenvalue weighted by atomic mass is 9.89.